The fraction of sp³-hybridized carbons (Fsp3) is 0.529. The van der Waals surface area contributed by atoms with Gasteiger partial charge in [0, 0.05) is 18.7 Å². The van der Waals surface area contributed by atoms with Crippen molar-refractivity contribution in [3.8, 4) is 0 Å². The molecule has 1 heterocycles. The number of aliphatic hydroxyl groups excluding tert-OH is 1. The number of carbonyl (C=O) groups excluding carboxylic acids is 2. The highest BCUT2D eigenvalue weighted by molar-refractivity contribution is 5.97. The lowest BCUT2D eigenvalue weighted by molar-refractivity contribution is -0.137. The molecule has 0 aromatic heterocycles. The van der Waals surface area contributed by atoms with Gasteiger partial charge in [0.25, 0.3) is 5.91 Å². The van der Waals surface area contributed by atoms with Gasteiger partial charge in [0.05, 0.1) is 6.10 Å². The van der Waals surface area contributed by atoms with Crippen LogP contribution in [0.3, 0.4) is 0 Å². The fourth-order valence-corrected chi connectivity index (χ4v) is 2.69. The molecule has 0 aliphatic carbocycles. The first kappa shape index (κ1) is 17.4. The SMILES string of the molecule is CC(C)C(NC(=O)c1ccc(F)cc1)C(=O)N1CCCC(O)C1. The topological polar surface area (TPSA) is 69.6 Å². The monoisotopic (exact) mass is 322 g/mol. The summed E-state index contributed by atoms with van der Waals surface area (Å²) in [6.45, 7) is 4.60. The summed E-state index contributed by atoms with van der Waals surface area (Å²) < 4.78 is 12.9. The van der Waals surface area contributed by atoms with Crippen LogP contribution in [0.25, 0.3) is 0 Å². The molecule has 0 radical (unpaired) electrons. The molecule has 0 saturated carbocycles. The number of carbonyl (C=O) groups is 2. The van der Waals surface area contributed by atoms with Gasteiger partial charge in [-0.2, -0.15) is 0 Å². The maximum atomic E-state index is 12.9. The lowest BCUT2D eigenvalue weighted by atomic mass is 10.00. The Kier molecular flexibility index (Phi) is 5.71. The molecule has 1 aliphatic rings. The van der Waals surface area contributed by atoms with Crippen LogP contribution in [0.5, 0.6) is 0 Å². The minimum Gasteiger partial charge on any atom is -0.391 e. The summed E-state index contributed by atoms with van der Waals surface area (Å²) in [5.41, 5.74) is 0.309. The molecule has 2 rings (SSSR count). The molecule has 1 aromatic carbocycles. The van der Waals surface area contributed by atoms with Crippen LogP contribution < -0.4 is 5.32 Å². The highest BCUT2D eigenvalue weighted by atomic mass is 19.1. The molecule has 1 aliphatic heterocycles. The van der Waals surface area contributed by atoms with Crippen molar-refractivity contribution in [3.63, 3.8) is 0 Å². The summed E-state index contributed by atoms with van der Waals surface area (Å²) in [6, 6.07) is 4.52. The summed E-state index contributed by atoms with van der Waals surface area (Å²) in [5.74, 6) is -1.10. The van der Waals surface area contributed by atoms with E-state index in [-0.39, 0.29) is 11.8 Å². The number of amides is 2. The summed E-state index contributed by atoms with van der Waals surface area (Å²) in [4.78, 5) is 26.5. The van der Waals surface area contributed by atoms with Gasteiger partial charge in [-0.05, 0) is 43.0 Å². The van der Waals surface area contributed by atoms with Gasteiger partial charge in [-0.1, -0.05) is 13.8 Å². The number of piperidine rings is 1. The van der Waals surface area contributed by atoms with Crippen molar-refractivity contribution in [2.24, 2.45) is 5.92 Å². The molecule has 2 amide bonds. The van der Waals surface area contributed by atoms with Gasteiger partial charge in [0.2, 0.25) is 5.91 Å². The molecular formula is C17H23FN2O3. The number of rotatable bonds is 4. The van der Waals surface area contributed by atoms with Crippen LogP contribution in [0.1, 0.15) is 37.0 Å². The molecule has 23 heavy (non-hydrogen) atoms. The van der Waals surface area contributed by atoms with Gasteiger partial charge >= 0.3 is 0 Å². The van der Waals surface area contributed by atoms with E-state index in [1.54, 1.807) is 4.90 Å². The summed E-state index contributed by atoms with van der Waals surface area (Å²) in [6.07, 6.45) is 0.940. The number of likely N-dealkylation sites (tertiary alicyclic amines) is 1. The highest BCUT2D eigenvalue weighted by Gasteiger charge is 2.31. The maximum absolute atomic E-state index is 12.9. The van der Waals surface area contributed by atoms with Crippen LogP contribution in [0, 0.1) is 11.7 Å². The zero-order valence-electron chi connectivity index (χ0n) is 13.5. The zero-order chi connectivity index (χ0) is 17.0. The molecule has 0 spiro atoms. The Morgan fingerprint density at radius 1 is 1.30 bits per heavy atom. The van der Waals surface area contributed by atoms with Crippen molar-refractivity contribution >= 4 is 11.8 Å². The molecule has 1 aromatic rings. The Hall–Kier alpha value is -1.95. The van der Waals surface area contributed by atoms with Crippen LogP contribution >= 0.6 is 0 Å². The van der Waals surface area contributed by atoms with Crippen LogP contribution in [0.4, 0.5) is 4.39 Å². The first-order valence-electron chi connectivity index (χ1n) is 7.91. The Morgan fingerprint density at radius 2 is 1.96 bits per heavy atom. The quantitative estimate of drug-likeness (QED) is 0.884. The Bertz CT molecular complexity index is 559. The van der Waals surface area contributed by atoms with E-state index in [0.29, 0.717) is 25.1 Å². The van der Waals surface area contributed by atoms with Gasteiger partial charge in [-0.15, -0.1) is 0 Å². The molecule has 1 saturated heterocycles. The van der Waals surface area contributed by atoms with Crippen LogP contribution in [0.2, 0.25) is 0 Å². The van der Waals surface area contributed by atoms with E-state index in [1.165, 1.54) is 24.3 Å². The molecular weight excluding hydrogens is 299 g/mol. The Labute approximate surface area is 135 Å². The lowest BCUT2D eigenvalue weighted by Crippen LogP contribution is -2.54. The smallest absolute Gasteiger partial charge is 0.251 e. The second kappa shape index (κ2) is 7.55. The van der Waals surface area contributed by atoms with Gasteiger partial charge in [0.15, 0.2) is 0 Å². The highest BCUT2D eigenvalue weighted by Crippen LogP contribution is 2.14. The molecule has 1 fully saturated rings. The van der Waals surface area contributed by atoms with E-state index in [0.717, 1.165) is 6.42 Å². The largest absolute Gasteiger partial charge is 0.391 e. The standard InChI is InChI=1S/C17H23FN2O3/c1-11(2)15(17(23)20-9-3-4-14(21)10-20)19-16(22)12-5-7-13(18)8-6-12/h5-8,11,14-15,21H,3-4,9-10H2,1-2H3,(H,19,22). The third kappa shape index (κ3) is 4.51. The van der Waals surface area contributed by atoms with Crippen molar-refractivity contribution in [1.82, 2.24) is 10.2 Å². The maximum Gasteiger partial charge on any atom is 0.251 e. The third-order valence-electron chi connectivity index (χ3n) is 4.03. The Morgan fingerprint density at radius 3 is 2.52 bits per heavy atom. The molecule has 2 atom stereocenters. The summed E-state index contributed by atoms with van der Waals surface area (Å²) in [5, 5.41) is 12.4. The van der Waals surface area contributed by atoms with Crippen molar-refractivity contribution in [1.29, 1.82) is 0 Å². The van der Waals surface area contributed by atoms with Gasteiger partial charge in [-0.25, -0.2) is 4.39 Å². The predicted octanol–water partition coefficient (Wildman–Crippen LogP) is 1.56. The van der Waals surface area contributed by atoms with Crippen LogP contribution in [-0.4, -0.2) is 47.1 Å². The molecule has 6 heteroatoms. The van der Waals surface area contributed by atoms with Gasteiger partial charge in [-0.3, -0.25) is 9.59 Å². The number of benzene rings is 1. The lowest BCUT2D eigenvalue weighted by Gasteiger charge is -2.34. The van der Waals surface area contributed by atoms with Crippen molar-refractivity contribution < 1.29 is 19.1 Å². The number of hydrogen-bond donors (Lipinski definition) is 2. The summed E-state index contributed by atoms with van der Waals surface area (Å²) >= 11 is 0. The first-order chi connectivity index (χ1) is 10.9. The minimum atomic E-state index is -0.669. The number of nitrogens with one attached hydrogen (secondary N) is 1. The first-order valence-corrected chi connectivity index (χ1v) is 7.91. The van der Waals surface area contributed by atoms with E-state index in [9.17, 15) is 19.1 Å². The van der Waals surface area contributed by atoms with Crippen molar-refractivity contribution in [2.75, 3.05) is 13.1 Å². The number of halogens is 1. The predicted molar refractivity (Wildman–Crippen MR) is 84.3 cm³/mol. The average Bonchev–Trinajstić information content (AvgIpc) is 2.52. The van der Waals surface area contributed by atoms with Crippen LogP contribution in [-0.2, 0) is 4.79 Å². The second-order valence-corrected chi connectivity index (χ2v) is 6.28. The third-order valence-corrected chi connectivity index (χ3v) is 4.03. The van der Waals surface area contributed by atoms with Crippen LogP contribution in [0.15, 0.2) is 24.3 Å². The number of aliphatic hydroxyl groups is 1. The minimum absolute atomic E-state index is 0.0917. The van der Waals surface area contributed by atoms with Gasteiger partial charge in [0.1, 0.15) is 11.9 Å². The van der Waals surface area contributed by atoms with E-state index in [4.69, 9.17) is 0 Å². The van der Waals surface area contributed by atoms with Crippen molar-refractivity contribution in [3.05, 3.63) is 35.6 Å². The fourth-order valence-electron chi connectivity index (χ4n) is 2.69. The van der Waals surface area contributed by atoms with E-state index in [2.05, 4.69) is 5.32 Å². The van der Waals surface area contributed by atoms with E-state index >= 15 is 0 Å². The normalized spacial score (nSPS) is 19.5. The van der Waals surface area contributed by atoms with E-state index < -0.39 is 23.9 Å². The molecule has 5 nitrogen and oxygen atoms in total. The number of hydrogen-bond acceptors (Lipinski definition) is 3. The zero-order valence-corrected chi connectivity index (χ0v) is 13.5. The Balaban J connectivity index is 2.07. The number of nitrogens with zero attached hydrogens (tertiary/aromatic N) is 1. The van der Waals surface area contributed by atoms with E-state index in [1.807, 2.05) is 13.8 Å². The van der Waals surface area contributed by atoms with Gasteiger partial charge < -0.3 is 15.3 Å². The molecule has 0 bridgehead atoms. The van der Waals surface area contributed by atoms with Crippen molar-refractivity contribution in [2.45, 2.75) is 38.8 Å². The molecule has 2 N–H and O–H groups in total. The second-order valence-electron chi connectivity index (χ2n) is 6.28. The average molecular weight is 322 g/mol. The number of β-amino-alcohol motifs (C(OH)–C–C–N with tert-alkyl or cyclic N) is 1. The molecule has 2 unspecified atom stereocenters. The summed E-state index contributed by atoms with van der Waals surface area (Å²) in [7, 11) is 0. The molecule has 126 valence electrons.